The van der Waals surface area contributed by atoms with Crippen molar-refractivity contribution in [1.82, 2.24) is 4.98 Å². The second-order valence-electron chi connectivity index (χ2n) is 4.02. The van der Waals surface area contributed by atoms with E-state index in [0.29, 0.717) is 10.6 Å². The molecule has 3 nitrogen and oxygen atoms in total. The number of alkyl halides is 3. The zero-order valence-corrected chi connectivity index (χ0v) is 11.0. The minimum absolute atomic E-state index is 0.0733. The van der Waals surface area contributed by atoms with E-state index in [1.54, 1.807) is 0 Å². The zero-order chi connectivity index (χ0) is 14.9. The van der Waals surface area contributed by atoms with Crippen LogP contribution >= 0.6 is 11.6 Å². The summed E-state index contributed by atoms with van der Waals surface area (Å²) in [4.78, 5) is 13.2. The molecule has 1 aromatic heterocycles. The van der Waals surface area contributed by atoms with Crippen molar-refractivity contribution in [2.75, 3.05) is 0 Å². The first-order valence-corrected chi connectivity index (χ1v) is 5.89. The fraction of sp³-hybridized carbons (Fsp3) is 0.154. The Morgan fingerprint density at radius 1 is 1.25 bits per heavy atom. The van der Waals surface area contributed by atoms with E-state index in [9.17, 15) is 18.0 Å². The van der Waals surface area contributed by atoms with Crippen molar-refractivity contribution in [2.24, 2.45) is 0 Å². The van der Waals surface area contributed by atoms with Gasteiger partial charge in [0, 0.05) is 23.6 Å². The van der Waals surface area contributed by atoms with E-state index >= 15 is 0 Å². The standard InChI is InChI=1S/C13H9ClF3NO2/c1-7(19)20-10-6-11(13(15,16)17)18-12(10)8-2-4-9(14)5-3-8/h2-6,18H,1H3. The summed E-state index contributed by atoms with van der Waals surface area (Å²) >= 11 is 5.73. The molecule has 7 heteroatoms. The molecule has 0 bridgehead atoms. The van der Waals surface area contributed by atoms with Crippen LogP contribution in [-0.4, -0.2) is 11.0 Å². The van der Waals surface area contributed by atoms with Gasteiger partial charge in [0.15, 0.2) is 5.75 Å². The molecular formula is C13H9ClF3NO2. The van der Waals surface area contributed by atoms with Gasteiger partial charge in [-0.15, -0.1) is 0 Å². The van der Waals surface area contributed by atoms with Crippen LogP contribution in [0.3, 0.4) is 0 Å². The Bertz CT molecular complexity index is 632. The van der Waals surface area contributed by atoms with E-state index in [1.165, 1.54) is 24.3 Å². The van der Waals surface area contributed by atoms with Gasteiger partial charge in [0.05, 0.1) is 5.69 Å². The van der Waals surface area contributed by atoms with Gasteiger partial charge in [-0.1, -0.05) is 23.7 Å². The molecule has 0 atom stereocenters. The number of aromatic nitrogens is 1. The summed E-state index contributed by atoms with van der Waals surface area (Å²) in [5, 5.41) is 0.449. The van der Waals surface area contributed by atoms with E-state index < -0.39 is 17.8 Å². The van der Waals surface area contributed by atoms with Crippen molar-refractivity contribution in [2.45, 2.75) is 13.1 Å². The molecule has 1 N–H and O–H groups in total. The summed E-state index contributed by atoms with van der Waals surface area (Å²) in [7, 11) is 0. The highest BCUT2D eigenvalue weighted by Crippen LogP contribution is 2.37. The molecule has 20 heavy (non-hydrogen) atoms. The molecule has 0 saturated carbocycles. The summed E-state index contributed by atoms with van der Waals surface area (Å²) in [5.41, 5.74) is -0.482. The maximum atomic E-state index is 12.7. The quantitative estimate of drug-likeness (QED) is 0.841. The van der Waals surface area contributed by atoms with Gasteiger partial charge >= 0.3 is 12.1 Å². The average Bonchev–Trinajstić information content (AvgIpc) is 2.73. The summed E-state index contributed by atoms with van der Waals surface area (Å²) in [5.74, 6) is -0.875. The number of nitrogens with one attached hydrogen (secondary N) is 1. The van der Waals surface area contributed by atoms with Gasteiger partial charge in [0.2, 0.25) is 0 Å². The van der Waals surface area contributed by atoms with E-state index in [-0.39, 0.29) is 11.4 Å². The molecule has 0 aliphatic rings. The number of aromatic amines is 1. The summed E-state index contributed by atoms with van der Waals surface area (Å²) in [6.07, 6.45) is -4.56. The van der Waals surface area contributed by atoms with Crippen LogP contribution in [0.5, 0.6) is 5.75 Å². The van der Waals surface area contributed by atoms with Crippen LogP contribution in [0.2, 0.25) is 5.02 Å². The lowest BCUT2D eigenvalue weighted by Gasteiger charge is -2.04. The monoisotopic (exact) mass is 303 g/mol. The first-order chi connectivity index (χ1) is 9.27. The number of hydrogen-bond donors (Lipinski definition) is 1. The molecule has 0 amide bonds. The van der Waals surface area contributed by atoms with Gasteiger partial charge in [-0.25, -0.2) is 0 Å². The normalized spacial score (nSPS) is 11.4. The SMILES string of the molecule is CC(=O)Oc1cc(C(F)(F)F)[nH]c1-c1ccc(Cl)cc1. The van der Waals surface area contributed by atoms with Crippen molar-refractivity contribution in [3.8, 4) is 17.0 Å². The van der Waals surface area contributed by atoms with Crippen LogP contribution in [0.25, 0.3) is 11.3 Å². The van der Waals surface area contributed by atoms with E-state index in [1.807, 2.05) is 0 Å². The van der Waals surface area contributed by atoms with Crippen molar-refractivity contribution in [3.05, 3.63) is 41.0 Å². The Labute approximate surface area is 117 Å². The Morgan fingerprint density at radius 2 is 1.85 bits per heavy atom. The topological polar surface area (TPSA) is 42.1 Å². The Kier molecular flexibility index (Phi) is 3.76. The van der Waals surface area contributed by atoms with Crippen LogP contribution < -0.4 is 4.74 Å². The maximum Gasteiger partial charge on any atom is 0.431 e. The number of rotatable bonds is 2. The molecule has 1 aromatic carbocycles. The second-order valence-corrected chi connectivity index (χ2v) is 4.46. The Balaban J connectivity index is 2.52. The predicted octanol–water partition coefficient (Wildman–Crippen LogP) is 4.28. The lowest BCUT2D eigenvalue weighted by atomic mass is 10.1. The average molecular weight is 304 g/mol. The summed E-state index contributed by atoms with van der Waals surface area (Å²) < 4.78 is 42.9. The molecule has 0 aliphatic carbocycles. The largest absolute Gasteiger partial charge is 0.431 e. The number of H-pyrrole nitrogens is 1. The van der Waals surface area contributed by atoms with Crippen LogP contribution in [0, 0.1) is 0 Å². The first-order valence-electron chi connectivity index (χ1n) is 5.52. The maximum absolute atomic E-state index is 12.7. The van der Waals surface area contributed by atoms with Crippen LogP contribution in [-0.2, 0) is 11.0 Å². The second kappa shape index (κ2) is 5.20. The minimum Gasteiger partial charge on any atom is -0.424 e. The smallest absolute Gasteiger partial charge is 0.424 e. The van der Waals surface area contributed by atoms with Crippen LogP contribution in [0.4, 0.5) is 13.2 Å². The molecule has 0 unspecified atom stereocenters. The molecule has 0 radical (unpaired) electrons. The lowest BCUT2D eigenvalue weighted by Crippen LogP contribution is -2.04. The van der Waals surface area contributed by atoms with Gasteiger partial charge in [-0.2, -0.15) is 13.2 Å². The minimum atomic E-state index is -4.56. The van der Waals surface area contributed by atoms with Crippen LogP contribution in [0.15, 0.2) is 30.3 Å². The highest BCUT2D eigenvalue weighted by Gasteiger charge is 2.34. The molecule has 0 spiro atoms. The number of benzene rings is 1. The van der Waals surface area contributed by atoms with Crippen molar-refractivity contribution in [3.63, 3.8) is 0 Å². The highest BCUT2D eigenvalue weighted by atomic mass is 35.5. The summed E-state index contributed by atoms with van der Waals surface area (Å²) in [6.45, 7) is 1.12. The van der Waals surface area contributed by atoms with Gasteiger partial charge in [-0.3, -0.25) is 4.79 Å². The lowest BCUT2D eigenvalue weighted by molar-refractivity contribution is -0.141. The Morgan fingerprint density at radius 3 is 2.35 bits per heavy atom. The zero-order valence-electron chi connectivity index (χ0n) is 10.2. The number of ether oxygens (including phenoxy) is 1. The number of carbonyl (C=O) groups excluding carboxylic acids is 1. The van der Waals surface area contributed by atoms with Gasteiger partial charge in [0.1, 0.15) is 5.69 Å². The molecule has 2 rings (SSSR count). The fourth-order valence-electron chi connectivity index (χ4n) is 1.65. The fourth-order valence-corrected chi connectivity index (χ4v) is 1.78. The molecule has 2 aromatic rings. The molecule has 0 saturated heterocycles. The number of halogens is 4. The van der Waals surface area contributed by atoms with Gasteiger partial charge < -0.3 is 9.72 Å². The number of carbonyl (C=O) groups is 1. The number of esters is 1. The Hall–Kier alpha value is -1.95. The molecule has 0 fully saturated rings. The predicted molar refractivity (Wildman–Crippen MR) is 67.5 cm³/mol. The molecule has 0 aliphatic heterocycles. The van der Waals surface area contributed by atoms with E-state index in [4.69, 9.17) is 16.3 Å². The molecule has 106 valence electrons. The van der Waals surface area contributed by atoms with Crippen LogP contribution in [0.1, 0.15) is 12.6 Å². The third-order valence-electron chi connectivity index (χ3n) is 2.47. The third kappa shape index (κ3) is 3.14. The van der Waals surface area contributed by atoms with Gasteiger partial charge in [-0.05, 0) is 12.1 Å². The van der Waals surface area contributed by atoms with Crippen molar-refractivity contribution >= 4 is 17.6 Å². The van der Waals surface area contributed by atoms with Crippen molar-refractivity contribution < 1.29 is 22.7 Å². The molecular weight excluding hydrogens is 295 g/mol. The first kappa shape index (κ1) is 14.5. The van der Waals surface area contributed by atoms with Crippen molar-refractivity contribution in [1.29, 1.82) is 0 Å². The van der Waals surface area contributed by atoms with E-state index in [0.717, 1.165) is 13.0 Å². The molecule has 1 heterocycles. The third-order valence-corrected chi connectivity index (χ3v) is 2.73. The van der Waals surface area contributed by atoms with E-state index in [2.05, 4.69) is 4.98 Å². The number of hydrogen-bond acceptors (Lipinski definition) is 2. The summed E-state index contributed by atoms with van der Waals surface area (Å²) in [6, 6.07) is 6.87. The highest BCUT2D eigenvalue weighted by molar-refractivity contribution is 6.30. The van der Waals surface area contributed by atoms with Gasteiger partial charge in [0.25, 0.3) is 0 Å².